The maximum Gasteiger partial charge on any atom is 0.318 e. The Morgan fingerprint density at radius 2 is 1.81 bits per heavy atom. The van der Waals surface area contributed by atoms with Gasteiger partial charge < -0.3 is 9.64 Å². The van der Waals surface area contributed by atoms with E-state index in [1.807, 2.05) is 36.2 Å². The molecule has 8 nitrogen and oxygen atoms in total. The third-order valence-electron chi connectivity index (χ3n) is 6.00. The predicted octanol–water partition coefficient (Wildman–Crippen LogP) is 3.95. The topological polar surface area (TPSA) is 98.8 Å². The Balaban J connectivity index is 1.89. The first-order chi connectivity index (χ1) is 12.7. The second-order valence-corrected chi connectivity index (χ2v) is 7.55. The number of aryl methyl sites for hydroxylation is 1. The maximum absolute atomic E-state index is 11.6. The molecule has 1 spiro atoms. The van der Waals surface area contributed by atoms with Crippen molar-refractivity contribution in [1.29, 1.82) is 0 Å². The molecule has 0 bridgehead atoms. The monoisotopic (exact) mass is 369 g/mol. The van der Waals surface area contributed by atoms with Gasteiger partial charge in [-0.1, -0.05) is 18.2 Å². The van der Waals surface area contributed by atoms with Crippen LogP contribution in [0.15, 0.2) is 36.4 Å². The number of nitrogens with zero attached hydrogens (tertiary/aromatic N) is 3. The summed E-state index contributed by atoms with van der Waals surface area (Å²) in [7, 11) is 1.93. The van der Waals surface area contributed by atoms with Gasteiger partial charge in [0.2, 0.25) is 5.75 Å². The summed E-state index contributed by atoms with van der Waals surface area (Å²) in [4.78, 5) is 23.6. The van der Waals surface area contributed by atoms with Crippen molar-refractivity contribution in [2.24, 2.45) is 0 Å². The van der Waals surface area contributed by atoms with Gasteiger partial charge in [0.05, 0.1) is 21.3 Å². The fourth-order valence-electron chi connectivity index (χ4n) is 4.52. The number of hydrogen-bond acceptors (Lipinski definition) is 6. The van der Waals surface area contributed by atoms with E-state index in [0.29, 0.717) is 18.4 Å². The molecular formula is C19H19N3O5. The van der Waals surface area contributed by atoms with Gasteiger partial charge in [-0.2, -0.15) is 0 Å². The van der Waals surface area contributed by atoms with E-state index in [4.69, 9.17) is 4.74 Å². The number of hydrogen-bond donors (Lipinski definition) is 0. The minimum atomic E-state index is -0.801. The highest BCUT2D eigenvalue weighted by Gasteiger charge is 2.59. The Labute approximate surface area is 155 Å². The number of nitro benzene ring substituents is 2. The van der Waals surface area contributed by atoms with E-state index >= 15 is 0 Å². The number of nitro groups is 2. The Morgan fingerprint density at radius 3 is 2.44 bits per heavy atom. The lowest BCUT2D eigenvalue weighted by atomic mass is 9.74. The largest absolute Gasteiger partial charge is 0.460 e. The first-order valence-corrected chi connectivity index (χ1v) is 8.67. The number of likely N-dealkylation sites (N-methyl/N-ethyl adjacent to an activating group) is 1. The van der Waals surface area contributed by atoms with Crippen LogP contribution in [0.5, 0.6) is 5.75 Å². The minimum Gasteiger partial charge on any atom is -0.460 e. The molecule has 0 aromatic heterocycles. The molecule has 4 rings (SSSR count). The SMILES string of the molecule is CN1c2ccccc2C(C)(C)C12CCc1cc([N+](=O)[O-])cc([N+](=O)[O-])c1O2. The van der Waals surface area contributed by atoms with Crippen molar-refractivity contribution in [3.8, 4) is 5.75 Å². The van der Waals surface area contributed by atoms with E-state index in [2.05, 4.69) is 13.8 Å². The van der Waals surface area contributed by atoms with E-state index in [-0.39, 0.29) is 17.1 Å². The van der Waals surface area contributed by atoms with Crippen LogP contribution in [0.2, 0.25) is 0 Å². The van der Waals surface area contributed by atoms with Crippen LogP contribution in [0.4, 0.5) is 17.1 Å². The number of fused-ring (bicyclic) bond motifs is 2. The minimum absolute atomic E-state index is 0.129. The lowest BCUT2D eigenvalue weighted by Crippen LogP contribution is -2.60. The molecule has 27 heavy (non-hydrogen) atoms. The second-order valence-electron chi connectivity index (χ2n) is 7.55. The first kappa shape index (κ1) is 17.3. The van der Waals surface area contributed by atoms with Gasteiger partial charge in [0.1, 0.15) is 0 Å². The van der Waals surface area contributed by atoms with Crippen molar-refractivity contribution in [2.45, 2.75) is 37.8 Å². The Bertz CT molecular complexity index is 987. The first-order valence-electron chi connectivity index (χ1n) is 8.67. The van der Waals surface area contributed by atoms with Crippen LogP contribution in [-0.4, -0.2) is 22.6 Å². The summed E-state index contributed by atoms with van der Waals surface area (Å²) in [5, 5.41) is 22.8. The second kappa shape index (κ2) is 5.42. The van der Waals surface area contributed by atoms with Gasteiger partial charge in [-0.15, -0.1) is 0 Å². The molecule has 2 heterocycles. The predicted molar refractivity (Wildman–Crippen MR) is 99.3 cm³/mol. The van der Waals surface area contributed by atoms with Crippen LogP contribution < -0.4 is 9.64 Å². The molecule has 0 N–H and O–H groups in total. The smallest absolute Gasteiger partial charge is 0.318 e. The Hall–Kier alpha value is -3.16. The average Bonchev–Trinajstić information content (AvgIpc) is 2.80. The average molecular weight is 369 g/mol. The van der Waals surface area contributed by atoms with E-state index in [1.54, 1.807) is 0 Å². The summed E-state index contributed by atoms with van der Waals surface area (Å²) >= 11 is 0. The fourth-order valence-corrected chi connectivity index (χ4v) is 4.52. The number of non-ortho nitro benzene ring substituents is 1. The number of rotatable bonds is 2. The number of para-hydroxylation sites is 1. The molecule has 2 aliphatic rings. The van der Waals surface area contributed by atoms with Gasteiger partial charge in [0.15, 0.2) is 5.72 Å². The summed E-state index contributed by atoms with van der Waals surface area (Å²) in [5.74, 6) is 0.129. The van der Waals surface area contributed by atoms with Crippen LogP contribution >= 0.6 is 0 Å². The van der Waals surface area contributed by atoms with Gasteiger partial charge >= 0.3 is 5.69 Å². The summed E-state index contributed by atoms with van der Waals surface area (Å²) < 4.78 is 6.38. The zero-order chi connectivity index (χ0) is 19.6. The highest BCUT2D eigenvalue weighted by molar-refractivity contribution is 5.67. The van der Waals surface area contributed by atoms with Gasteiger partial charge in [-0.05, 0) is 31.9 Å². The molecule has 140 valence electrons. The molecule has 0 radical (unpaired) electrons. The van der Waals surface area contributed by atoms with Gasteiger partial charge in [-0.3, -0.25) is 20.2 Å². The zero-order valence-corrected chi connectivity index (χ0v) is 15.3. The quantitative estimate of drug-likeness (QED) is 0.587. The van der Waals surface area contributed by atoms with Crippen molar-refractivity contribution in [1.82, 2.24) is 0 Å². The molecule has 2 aliphatic heterocycles. The zero-order valence-electron chi connectivity index (χ0n) is 15.3. The molecule has 8 heteroatoms. The molecule has 0 aliphatic carbocycles. The van der Waals surface area contributed by atoms with Crippen molar-refractivity contribution in [3.05, 3.63) is 67.8 Å². The third-order valence-corrected chi connectivity index (χ3v) is 6.00. The van der Waals surface area contributed by atoms with Gasteiger partial charge in [0.25, 0.3) is 5.69 Å². The molecule has 1 atom stereocenters. The molecule has 0 fully saturated rings. The van der Waals surface area contributed by atoms with Crippen LogP contribution in [0, 0.1) is 20.2 Å². The van der Waals surface area contributed by atoms with Crippen molar-refractivity contribution >= 4 is 17.1 Å². The fraction of sp³-hybridized carbons (Fsp3) is 0.368. The Morgan fingerprint density at radius 1 is 1.11 bits per heavy atom. The molecular weight excluding hydrogens is 350 g/mol. The molecule has 2 aromatic rings. The number of benzene rings is 2. The van der Waals surface area contributed by atoms with Crippen molar-refractivity contribution in [2.75, 3.05) is 11.9 Å². The highest BCUT2D eigenvalue weighted by atomic mass is 16.6. The molecule has 1 unspecified atom stereocenters. The van der Waals surface area contributed by atoms with Crippen LogP contribution in [0.25, 0.3) is 0 Å². The van der Waals surface area contributed by atoms with E-state index in [9.17, 15) is 20.2 Å². The lowest BCUT2D eigenvalue weighted by Gasteiger charge is -2.48. The molecule has 0 saturated heterocycles. The van der Waals surface area contributed by atoms with Crippen LogP contribution in [0.3, 0.4) is 0 Å². The number of anilines is 1. The van der Waals surface area contributed by atoms with Gasteiger partial charge in [0, 0.05) is 30.8 Å². The molecule has 2 aromatic carbocycles. The maximum atomic E-state index is 11.6. The standard InChI is InChI=1S/C19H19N3O5/c1-18(2)14-6-4-5-7-15(14)20(3)19(18)9-8-12-10-13(21(23)24)11-16(22(25)26)17(12)27-19/h4-7,10-11H,8-9H2,1-3H3. The summed E-state index contributed by atoms with van der Waals surface area (Å²) in [5.41, 5.74) is 0.759. The lowest BCUT2D eigenvalue weighted by molar-refractivity contribution is -0.395. The Kier molecular flexibility index (Phi) is 3.46. The summed E-state index contributed by atoms with van der Waals surface area (Å²) in [6.45, 7) is 4.13. The van der Waals surface area contributed by atoms with Crippen LogP contribution in [0.1, 0.15) is 31.4 Å². The van der Waals surface area contributed by atoms with Crippen LogP contribution in [-0.2, 0) is 11.8 Å². The molecule has 0 saturated carbocycles. The molecule has 0 amide bonds. The normalized spacial score (nSPS) is 22.1. The van der Waals surface area contributed by atoms with Gasteiger partial charge in [-0.25, -0.2) is 0 Å². The van der Waals surface area contributed by atoms with E-state index in [1.165, 1.54) is 6.07 Å². The van der Waals surface area contributed by atoms with Crippen molar-refractivity contribution < 1.29 is 14.6 Å². The number of ether oxygens (including phenoxy) is 1. The van der Waals surface area contributed by atoms with E-state index < -0.39 is 21.0 Å². The highest BCUT2D eigenvalue weighted by Crippen LogP contribution is 2.56. The van der Waals surface area contributed by atoms with E-state index in [0.717, 1.165) is 17.3 Å². The van der Waals surface area contributed by atoms with Crippen molar-refractivity contribution in [3.63, 3.8) is 0 Å². The summed E-state index contributed by atoms with van der Waals surface area (Å²) in [6.07, 6.45) is 1.02. The third kappa shape index (κ3) is 2.16. The summed E-state index contributed by atoms with van der Waals surface area (Å²) in [6, 6.07) is 10.3.